The summed E-state index contributed by atoms with van der Waals surface area (Å²) in [4.78, 5) is 12.3. The van der Waals surface area contributed by atoms with Gasteiger partial charge in [0.25, 0.3) is 0 Å². The highest BCUT2D eigenvalue weighted by Crippen LogP contribution is 2.14. The number of aliphatic hydroxyl groups excluding tert-OH is 3. The summed E-state index contributed by atoms with van der Waals surface area (Å²) in [5.41, 5.74) is 0. The summed E-state index contributed by atoms with van der Waals surface area (Å²) in [7, 11) is 0. The summed E-state index contributed by atoms with van der Waals surface area (Å²) in [5.74, 6) is -0.515. The molecule has 0 aliphatic carbocycles. The average molecular weight is 566 g/mol. The van der Waals surface area contributed by atoms with E-state index in [1.54, 1.807) is 6.08 Å². The summed E-state index contributed by atoms with van der Waals surface area (Å²) < 4.78 is 0. The minimum absolute atomic E-state index is 0.374. The standard InChI is InChI=1S/C35H67NO4/c1-3-5-7-9-11-13-15-17-19-21-23-25-27-29-33(38)32(31-37)36-35(40)34(39)30-28-26-24-22-20-18-16-14-12-10-8-6-4-2/h19,21,27,29,32-34,37-39H,3-18,20,22-26,28,30-31H2,1-2H3,(H,36,40)/b21-19+,29-27+/t32-,33+,34+/m0/s1. The highest BCUT2D eigenvalue weighted by molar-refractivity contribution is 5.80. The lowest BCUT2D eigenvalue weighted by Gasteiger charge is -2.21. The Morgan fingerprint density at radius 2 is 1.02 bits per heavy atom. The Labute approximate surface area is 248 Å². The van der Waals surface area contributed by atoms with Crippen molar-refractivity contribution in [2.75, 3.05) is 6.61 Å². The second kappa shape index (κ2) is 30.8. The average Bonchev–Trinajstić information content (AvgIpc) is 2.96. The van der Waals surface area contributed by atoms with E-state index in [1.807, 2.05) is 6.08 Å². The lowest BCUT2D eigenvalue weighted by molar-refractivity contribution is -0.131. The Balaban J connectivity index is 3.82. The molecule has 0 aromatic carbocycles. The van der Waals surface area contributed by atoms with Gasteiger partial charge in [-0.15, -0.1) is 0 Å². The third kappa shape index (κ3) is 25.8. The SMILES string of the molecule is CCCCCCCCC/C=C/CC/C=C/[C@@H](O)[C@H](CO)NC(=O)[C@H](O)CCCCCCCCCCCCCCC. The van der Waals surface area contributed by atoms with Crippen molar-refractivity contribution in [2.24, 2.45) is 0 Å². The van der Waals surface area contributed by atoms with Crippen LogP contribution in [0.15, 0.2) is 24.3 Å². The van der Waals surface area contributed by atoms with Crippen LogP contribution in [0, 0.1) is 0 Å². The Hall–Kier alpha value is -1.17. The lowest BCUT2D eigenvalue weighted by atomic mass is 10.0. The molecule has 5 heteroatoms. The van der Waals surface area contributed by atoms with Crippen molar-refractivity contribution in [1.29, 1.82) is 0 Å². The minimum Gasteiger partial charge on any atom is -0.394 e. The van der Waals surface area contributed by atoms with Crippen LogP contribution in [0.3, 0.4) is 0 Å². The number of hydrogen-bond donors (Lipinski definition) is 4. The Morgan fingerprint density at radius 1 is 0.600 bits per heavy atom. The monoisotopic (exact) mass is 566 g/mol. The quantitative estimate of drug-likeness (QED) is 0.0518. The number of carbonyl (C=O) groups excluding carboxylic acids is 1. The van der Waals surface area contributed by atoms with Crippen LogP contribution < -0.4 is 5.32 Å². The van der Waals surface area contributed by atoms with E-state index in [-0.39, 0.29) is 6.61 Å². The van der Waals surface area contributed by atoms with Crippen molar-refractivity contribution in [2.45, 2.75) is 186 Å². The first kappa shape index (κ1) is 38.8. The van der Waals surface area contributed by atoms with Crippen molar-refractivity contribution in [3.63, 3.8) is 0 Å². The fourth-order valence-electron chi connectivity index (χ4n) is 5.02. The van der Waals surface area contributed by atoms with Gasteiger partial charge in [-0.3, -0.25) is 4.79 Å². The van der Waals surface area contributed by atoms with Gasteiger partial charge in [-0.2, -0.15) is 0 Å². The van der Waals surface area contributed by atoms with Crippen molar-refractivity contribution in [3.8, 4) is 0 Å². The fourth-order valence-corrected chi connectivity index (χ4v) is 5.02. The highest BCUT2D eigenvalue weighted by atomic mass is 16.3. The van der Waals surface area contributed by atoms with Gasteiger partial charge in [0.1, 0.15) is 6.10 Å². The first-order valence-electron chi connectivity index (χ1n) is 17.2. The van der Waals surface area contributed by atoms with Crippen LogP contribution in [0.4, 0.5) is 0 Å². The largest absolute Gasteiger partial charge is 0.394 e. The summed E-state index contributed by atoms with van der Waals surface area (Å²) in [5, 5.41) is 32.8. The highest BCUT2D eigenvalue weighted by Gasteiger charge is 2.22. The minimum atomic E-state index is -1.10. The number of unbranched alkanes of at least 4 members (excludes halogenated alkanes) is 20. The van der Waals surface area contributed by atoms with E-state index in [0.717, 1.165) is 38.5 Å². The van der Waals surface area contributed by atoms with Gasteiger partial charge in [0.05, 0.1) is 18.8 Å². The zero-order chi connectivity index (χ0) is 29.5. The van der Waals surface area contributed by atoms with Gasteiger partial charge >= 0.3 is 0 Å². The van der Waals surface area contributed by atoms with E-state index >= 15 is 0 Å². The van der Waals surface area contributed by atoms with Gasteiger partial charge < -0.3 is 20.6 Å². The molecule has 0 saturated carbocycles. The maximum absolute atomic E-state index is 12.3. The molecular formula is C35H67NO4. The smallest absolute Gasteiger partial charge is 0.249 e. The van der Waals surface area contributed by atoms with Crippen LogP contribution in [0.5, 0.6) is 0 Å². The van der Waals surface area contributed by atoms with Crippen molar-refractivity contribution < 1.29 is 20.1 Å². The van der Waals surface area contributed by atoms with E-state index in [2.05, 4.69) is 31.3 Å². The fraction of sp³-hybridized carbons (Fsp3) is 0.857. The molecule has 0 heterocycles. The molecule has 3 atom stereocenters. The molecule has 0 aromatic heterocycles. The second-order valence-corrected chi connectivity index (χ2v) is 11.7. The molecule has 40 heavy (non-hydrogen) atoms. The molecule has 0 fully saturated rings. The normalized spacial score (nSPS) is 14.2. The topological polar surface area (TPSA) is 89.8 Å². The zero-order valence-corrected chi connectivity index (χ0v) is 26.5. The van der Waals surface area contributed by atoms with Gasteiger partial charge in [0, 0.05) is 0 Å². The maximum Gasteiger partial charge on any atom is 0.249 e. The molecule has 236 valence electrons. The van der Waals surface area contributed by atoms with E-state index in [9.17, 15) is 20.1 Å². The van der Waals surface area contributed by atoms with Gasteiger partial charge in [-0.05, 0) is 32.1 Å². The first-order chi connectivity index (χ1) is 19.6. The molecule has 0 radical (unpaired) electrons. The van der Waals surface area contributed by atoms with Gasteiger partial charge in [0.15, 0.2) is 0 Å². The predicted molar refractivity (Wildman–Crippen MR) is 171 cm³/mol. The number of carbonyl (C=O) groups is 1. The molecule has 0 aromatic rings. The van der Waals surface area contributed by atoms with E-state index in [1.165, 1.54) is 109 Å². The van der Waals surface area contributed by atoms with Crippen molar-refractivity contribution in [1.82, 2.24) is 5.32 Å². The van der Waals surface area contributed by atoms with Crippen LogP contribution in [-0.4, -0.2) is 46.1 Å². The molecule has 0 unspecified atom stereocenters. The molecule has 5 nitrogen and oxygen atoms in total. The number of amides is 1. The van der Waals surface area contributed by atoms with Crippen LogP contribution >= 0.6 is 0 Å². The van der Waals surface area contributed by atoms with E-state index in [0.29, 0.717) is 6.42 Å². The maximum atomic E-state index is 12.3. The molecule has 0 aliphatic heterocycles. The lowest BCUT2D eigenvalue weighted by Crippen LogP contribution is -2.48. The molecule has 0 spiro atoms. The molecular weight excluding hydrogens is 498 g/mol. The molecule has 0 saturated heterocycles. The van der Waals surface area contributed by atoms with Crippen LogP contribution in [0.1, 0.15) is 168 Å². The number of aliphatic hydroxyl groups is 3. The number of rotatable bonds is 30. The van der Waals surface area contributed by atoms with Crippen LogP contribution in [0.2, 0.25) is 0 Å². The molecule has 0 bridgehead atoms. The molecule has 4 N–H and O–H groups in total. The zero-order valence-electron chi connectivity index (χ0n) is 26.5. The second-order valence-electron chi connectivity index (χ2n) is 11.7. The van der Waals surface area contributed by atoms with Crippen LogP contribution in [-0.2, 0) is 4.79 Å². The van der Waals surface area contributed by atoms with Gasteiger partial charge in [0.2, 0.25) is 5.91 Å². The summed E-state index contributed by atoms with van der Waals surface area (Å²) in [6.07, 6.45) is 34.7. The summed E-state index contributed by atoms with van der Waals surface area (Å²) in [6, 6.07) is -0.807. The third-order valence-electron chi connectivity index (χ3n) is 7.79. The molecule has 1 amide bonds. The van der Waals surface area contributed by atoms with Gasteiger partial charge in [-0.25, -0.2) is 0 Å². The summed E-state index contributed by atoms with van der Waals surface area (Å²) >= 11 is 0. The first-order valence-corrected chi connectivity index (χ1v) is 17.2. The predicted octanol–water partition coefficient (Wildman–Crippen LogP) is 8.70. The molecule has 0 aliphatic rings. The van der Waals surface area contributed by atoms with E-state index < -0.39 is 24.2 Å². The number of allylic oxidation sites excluding steroid dienone is 3. The van der Waals surface area contributed by atoms with Crippen molar-refractivity contribution in [3.05, 3.63) is 24.3 Å². The Morgan fingerprint density at radius 3 is 1.52 bits per heavy atom. The molecule has 0 rings (SSSR count). The van der Waals surface area contributed by atoms with Crippen LogP contribution in [0.25, 0.3) is 0 Å². The van der Waals surface area contributed by atoms with E-state index in [4.69, 9.17) is 0 Å². The Bertz CT molecular complexity index is 592. The van der Waals surface area contributed by atoms with Crippen molar-refractivity contribution >= 4 is 5.91 Å². The number of nitrogens with one attached hydrogen (secondary N) is 1. The summed E-state index contributed by atoms with van der Waals surface area (Å²) in [6.45, 7) is 4.13. The van der Waals surface area contributed by atoms with Gasteiger partial charge in [-0.1, -0.05) is 160 Å². The third-order valence-corrected chi connectivity index (χ3v) is 7.79. The Kier molecular flexibility index (Phi) is 29.9. The number of hydrogen-bond acceptors (Lipinski definition) is 4.